The van der Waals surface area contributed by atoms with Gasteiger partial charge in [-0.3, -0.25) is 4.99 Å². The van der Waals surface area contributed by atoms with Crippen molar-refractivity contribution < 1.29 is 4.39 Å². The van der Waals surface area contributed by atoms with Gasteiger partial charge in [0.15, 0.2) is 0 Å². The van der Waals surface area contributed by atoms with Gasteiger partial charge < -0.3 is 20.4 Å². The molecule has 4 heterocycles. The molecule has 34 heavy (non-hydrogen) atoms. The quantitative estimate of drug-likeness (QED) is 0.623. The number of piperazine rings is 1. The second-order valence-corrected chi connectivity index (χ2v) is 8.73. The molecule has 3 aliphatic rings. The molecule has 1 fully saturated rings. The van der Waals surface area contributed by atoms with E-state index >= 15 is 0 Å². The Morgan fingerprint density at radius 3 is 2.74 bits per heavy atom. The minimum absolute atomic E-state index is 0.317. The van der Waals surface area contributed by atoms with E-state index in [1.54, 1.807) is 18.3 Å². The number of amidine groups is 1. The second-order valence-electron chi connectivity index (χ2n) is 8.73. The predicted molar refractivity (Wildman–Crippen MR) is 135 cm³/mol. The lowest BCUT2D eigenvalue weighted by atomic mass is 9.95. The lowest BCUT2D eigenvalue weighted by Crippen LogP contribution is -2.43. The molecule has 2 aromatic carbocycles. The number of hydrogen-bond acceptors (Lipinski definition) is 7. The van der Waals surface area contributed by atoms with E-state index in [0.717, 1.165) is 66.8 Å². The van der Waals surface area contributed by atoms with Gasteiger partial charge in [-0.2, -0.15) is 4.98 Å². The van der Waals surface area contributed by atoms with Gasteiger partial charge in [-0.1, -0.05) is 24.3 Å². The highest BCUT2D eigenvalue weighted by molar-refractivity contribution is 6.35. The van der Waals surface area contributed by atoms with Crippen LogP contribution in [0.4, 0.5) is 27.5 Å². The smallest absolute Gasteiger partial charge is 0.229 e. The maximum Gasteiger partial charge on any atom is 0.229 e. The largest absolute Gasteiger partial charge is 0.369 e. The minimum Gasteiger partial charge on any atom is -0.369 e. The fourth-order valence-electron chi connectivity index (χ4n) is 4.78. The number of rotatable bonds is 4. The summed E-state index contributed by atoms with van der Waals surface area (Å²) in [5.74, 6) is 1.77. The Morgan fingerprint density at radius 1 is 1.06 bits per heavy atom. The molecule has 7 nitrogen and oxygen atoms in total. The van der Waals surface area contributed by atoms with Gasteiger partial charge in [0.1, 0.15) is 17.5 Å². The van der Waals surface area contributed by atoms with E-state index in [4.69, 9.17) is 9.98 Å². The summed E-state index contributed by atoms with van der Waals surface area (Å²) < 4.78 is 14.9. The first-order valence-electron chi connectivity index (χ1n) is 11.7. The number of hydrogen-bond donors (Lipinski definition) is 2. The summed E-state index contributed by atoms with van der Waals surface area (Å²) >= 11 is 0. The van der Waals surface area contributed by atoms with Gasteiger partial charge in [0.05, 0.1) is 12.2 Å². The van der Waals surface area contributed by atoms with Crippen LogP contribution in [-0.4, -0.2) is 55.1 Å². The van der Waals surface area contributed by atoms with Crippen molar-refractivity contribution in [2.45, 2.75) is 6.92 Å². The molecule has 0 unspecified atom stereocenters. The van der Waals surface area contributed by atoms with Crippen LogP contribution in [0.25, 0.3) is 11.6 Å². The van der Waals surface area contributed by atoms with Crippen LogP contribution in [0.3, 0.4) is 0 Å². The van der Waals surface area contributed by atoms with Gasteiger partial charge in [0.2, 0.25) is 5.95 Å². The normalized spacial score (nSPS) is 17.1. The van der Waals surface area contributed by atoms with E-state index in [-0.39, 0.29) is 5.82 Å². The molecular formula is C26H26FN7. The Kier molecular flexibility index (Phi) is 5.22. The van der Waals surface area contributed by atoms with Crippen LogP contribution in [0.1, 0.15) is 16.7 Å². The first kappa shape index (κ1) is 20.8. The Balaban J connectivity index is 1.30. The van der Waals surface area contributed by atoms with Crippen molar-refractivity contribution in [1.29, 1.82) is 0 Å². The zero-order chi connectivity index (χ0) is 23.1. The summed E-state index contributed by atoms with van der Waals surface area (Å²) in [5.41, 5.74) is 5.63. The van der Waals surface area contributed by atoms with Crippen molar-refractivity contribution >= 4 is 40.6 Å². The molecule has 3 aliphatic heterocycles. The molecule has 0 bridgehead atoms. The third-order valence-electron chi connectivity index (χ3n) is 6.55. The third-order valence-corrected chi connectivity index (χ3v) is 6.55. The van der Waals surface area contributed by atoms with Crippen molar-refractivity contribution in [3.63, 3.8) is 0 Å². The average Bonchev–Trinajstić information content (AvgIpc) is 3.36. The van der Waals surface area contributed by atoms with Crippen LogP contribution >= 0.6 is 0 Å². The summed E-state index contributed by atoms with van der Waals surface area (Å²) in [4.78, 5) is 18.3. The van der Waals surface area contributed by atoms with Crippen LogP contribution in [0.5, 0.6) is 0 Å². The van der Waals surface area contributed by atoms with Crippen molar-refractivity contribution in [3.8, 4) is 0 Å². The van der Waals surface area contributed by atoms with Crippen LogP contribution in [-0.2, 0) is 0 Å². The van der Waals surface area contributed by atoms with Crippen LogP contribution < -0.4 is 20.4 Å². The van der Waals surface area contributed by atoms with Gasteiger partial charge in [0, 0.05) is 55.7 Å². The molecule has 1 aromatic heterocycles. The fraction of sp³-hybridized carbons (Fsp3) is 0.269. The Bertz CT molecular complexity index is 1310. The molecule has 0 atom stereocenters. The first-order valence-corrected chi connectivity index (χ1v) is 11.7. The fourth-order valence-corrected chi connectivity index (χ4v) is 4.78. The van der Waals surface area contributed by atoms with E-state index in [9.17, 15) is 4.39 Å². The summed E-state index contributed by atoms with van der Waals surface area (Å²) in [5, 5.41) is 6.39. The van der Waals surface area contributed by atoms with Gasteiger partial charge in [-0.15, -0.1) is 0 Å². The number of aromatic nitrogens is 2. The highest BCUT2D eigenvalue weighted by Gasteiger charge is 2.31. The van der Waals surface area contributed by atoms with E-state index in [1.807, 2.05) is 18.2 Å². The zero-order valence-electron chi connectivity index (χ0n) is 19.1. The molecule has 172 valence electrons. The molecule has 6 rings (SSSR count). The van der Waals surface area contributed by atoms with Crippen molar-refractivity contribution in [2.24, 2.45) is 4.99 Å². The molecular weight excluding hydrogens is 429 g/mol. The number of anilines is 4. The van der Waals surface area contributed by atoms with E-state index in [0.29, 0.717) is 18.2 Å². The number of halogens is 1. The number of fused-ring (bicyclic) bond motifs is 3. The number of nitrogens with zero attached hydrogens (tertiary/aromatic N) is 5. The standard InChI is InChI=1S/C26H26FN7/c1-17-4-2-3-5-20(17)21-14-18-16-30-26(32-24(18)34-13-10-29-25(21)34)31-23-7-6-19(15-22(23)27)33-11-8-28-9-12-33/h2-7,14-16,28H,8-13H2,1H3,(H,30,31,32). The van der Waals surface area contributed by atoms with Crippen LogP contribution in [0.2, 0.25) is 0 Å². The van der Waals surface area contributed by atoms with Gasteiger partial charge in [-0.05, 0) is 42.3 Å². The summed E-state index contributed by atoms with van der Waals surface area (Å²) in [6.07, 6.45) is 3.90. The van der Waals surface area contributed by atoms with Crippen molar-refractivity contribution in [2.75, 3.05) is 54.4 Å². The van der Waals surface area contributed by atoms with Crippen molar-refractivity contribution in [3.05, 3.63) is 71.2 Å². The Morgan fingerprint density at radius 2 is 1.91 bits per heavy atom. The van der Waals surface area contributed by atoms with Gasteiger partial charge in [0.25, 0.3) is 0 Å². The average molecular weight is 456 g/mol. The van der Waals surface area contributed by atoms with E-state index in [2.05, 4.69) is 50.5 Å². The molecule has 0 amide bonds. The second kappa shape index (κ2) is 8.53. The van der Waals surface area contributed by atoms with E-state index < -0.39 is 0 Å². The molecule has 2 N–H and O–H groups in total. The van der Waals surface area contributed by atoms with Gasteiger partial charge in [-0.25, -0.2) is 9.37 Å². The molecule has 0 aliphatic carbocycles. The van der Waals surface area contributed by atoms with Crippen LogP contribution in [0, 0.1) is 12.7 Å². The monoisotopic (exact) mass is 455 g/mol. The maximum absolute atomic E-state index is 14.9. The Hall–Kier alpha value is -3.78. The lowest BCUT2D eigenvalue weighted by Gasteiger charge is -2.29. The molecule has 0 radical (unpaired) electrons. The lowest BCUT2D eigenvalue weighted by molar-refractivity contribution is 0.585. The van der Waals surface area contributed by atoms with Crippen LogP contribution in [0.15, 0.2) is 53.7 Å². The zero-order valence-corrected chi connectivity index (χ0v) is 19.1. The first-order chi connectivity index (χ1) is 16.7. The number of aliphatic imine (C=N–C) groups is 1. The number of aryl methyl sites for hydroxylation is 1. The highest BCUT2D eigenvalue weighted by atomic mass is 19.1. The Labute approximate surface area is 198 Å². The maximum atomic E-state index is 14.9. The summed E-state index contributed by atoms with van der Waals surface area (Å²) in [6, 6.07) is 13.6. The number of nitrogens with one attached hydrogen (secondary N) is 2. The van der Waals surface area contributed by atoms with Gasteiger partial charge >= 0.3 is 0 Å². The van der Waals surface area contributed by atoms with Crippen molar-refractivity contribution in [1.82, 2.24) is 15.3 Å². The van der Waals surface area contributed by atoms with E-state index in [1.165, 1.54) is 5.56 Å². The number of benzene rings is 2. The predicted octanol–water partition coefficient (Wildman–Crippen LogP) is 3.85. The summed E-state index contributed by atoms with van der Waals surface area (Å²) in [6.45, 7) is 7.15. The summed E-state index contributed by atoms with van der Waals surface area (Å²) in [7, 11) is 0. The molecule has 8 heteroatoms. The highest BCUT2D eigenvalue weighted by Crippen LogP contribution is 2.36. The molecule has 0 saturated carbocycles. The molecule has 3 aromatic rings. The SMILES string of the molecule is Cc1ccccc1C1=Cc2cnc(Nc3ccc(N4CCNCC4)cc3F)nc2N2CCN=C12. The third kappa shape index (κ3) is 3.70. The molecule has 1 saturated heterocycles. The minimum atomic E-state index is -0.317. The molecule has 0 spiro atoms. The topological polar surface area (TPSA) is 68.7 Å².